The summed E-state index contributed by atoms with van der Waals surface area (Å²) in [5, 5.41) is 15.4. The lowest BCUT2D eigenvalue weighted by atomic mass is 9.85. The third-order valence-electron chi connectivity index (χ3n) is 11.1. The van der Waals surface area contributed by atoms with Crippen molar-refractivity contribution in [3.63, 3.8) is 0 Å². The van der Waals surface area contributed by atoms with Gasteiger partial charge in [-0.05, 0) is 61.6 Å². The molecule has 4 aliphatic heterocycles. The zero-order chi connectivity index (χ0) is 34.6. The summed E-state index contributed by atoms with van der Waals surface area (Å²) < 4.78 is 42.2. The number of aromatic amines is 1. The van der Waals surface area contributed by atoms with Gasteiger partial charge in [-0.1, -0.05) is 30.3 Å². The number of hydrogen-bond donors (Lipinski definition) is 2. The van der Waals surface area contributed by atoms with E-state index in [9.17, 15) is 22.8 Å². The smallest absolute Gasteiger partial charge is 0.338 e. The van der Waals surface area contributed by atoms with Crippen molar-refractivity contribution < 1.29 is 22.8 Å². The number of amides is 2. The van der Waals surface area contributed by atoms with Crippen molar-refractivity contribution in [3.05, 3.63) is 66.1 Å². The van der Waals surface area contributed by atoms with Gasteiger partial charge < -0.3 is 15.1 Å². The molecule has 3 fully saturated rings. The molecule has 2 aromatic heterocycles. The number of halogens is 3. The van der Waals surface area contributed by atoms with Gasteiger partial charge in [0.15, 0.2) is 5.82 Å². The third kappa shape index (κ3) is 6.08. The molecule has 3 atom stereocenters. The van der Waals surface area contributed by atoms with Crippen molar-refractivity contribution in [2.24, 2.45) is 18.4 Å². The fraction of sp³-hybridized carbons (Fsp3) is 0.472. The molecule has 262 valence electrons. The van der Waals surface area contributed by atoms with Gasteiger partial charge in [-0.3, -0.25) is 24.3 Å². The minimum Gasteiger partial charge on any atom is -0.338 e. The van der Waals surface area contributed by atoms with Crippen molar-refractivity contribution in [1.82, 2.24) is 40.1 Å². The number of aryl methyl sites for hydroxylation is 1. The molecule has 2 aromatic carbocycles. The van der Waals surface area contributed by atoms with E-state index in [0.717, 1.165) is 28.6 Å². The summed E-state index contributed by atoms with van der Waals surface area (Å²) >= 11 is 0. The molecule has 2 unspecified atom stereocenters. The van der Waals surface area contributed by atoms with E-state index < -0.39 is 17.5 Å². The lowest BCUT2D eigenvalue weighted by Crippen LogP contribution is -2.43. The molecule has 50 heavy (non-hydrogen) atoms. The molecule has 11 nitrogen and oxygen atoms in total. The monoisotopic (exact) mass is 687 g/mol. The van der Waals surface area contributed by atoms with E-state index in [-0.39, 0.29) is 37.2 Å². The molecule has 8 rings (SSSR count). The molecule has 0 radical (unpaired) electrons. The summed E-state index contributed by atoms with van der Waals surface area (Å²) in [6, 6.07) is 13.8. The maximum absolute atomic E-state index is 14.0. The van der Waals surface area contributed by atoms with Gasteiger partial charge in [0, 0.05) is 74.6 Å². The fourth-order valence-electron chi connectivity index (χ4n) is 8.20. The number of alkyl halides is 3. The topological polar surface area (TPSA) is 115 Å². The highest BCUT2D eigenvalue weighted by Crippen LogP contribution is 2.44. The van der Waals surface area contributed by atoms with Crippen LogP contribution in [-0.2, 0) is 16.6 Å². The van der Waals surface area contributed by atoms with Gasteiger partial charge in [-0.15, -0.1) is 0 Å². The molecular formula is C36H40F3N9O2. The number of nitrogens with one attached hydrogen (secondary N) is 2. The van der Waals surface area contributed by atoms with E-state index in [2.05, 4.69) is 48.7 Å². The number of hydrogen-bond acceptors (Lipinski definition) is 7. The average molecular weight is 688 g/mol. The number of likely N-dealkylation sites (tertiary alicyclic amines) is 1. The number of fused-ring (bicyclic) bond motifs is 1. The Hall–Kier alpha value is -4.56. The Labute approximate surface area is 287 Å². The average Bonchev–Trinajstić information content (AvgIpc) is 3.92. The molecule has 0 bridgehead atoms. The van der Waals surface area contributed by atoms with Gasteiger partial charge in [0.25, 0.3) is 0 Å². The minimum atomic E-state index is -4.26. The van der Waals surface area contributed by atoms with Crippen LogP contribution in [0, 0.1) is 11.3 Å². The van der Waals surface area contributed by atoms with Gasteiger partial charge in [0.1, 0.15) is 6.33 Å². The highest BCUT2D eigenvalue weighted by atomic mass is 19.4. The summed E-state index contributed by atoms with van der Waals surface area (Å²) in [7, 11) is 1.84. The first-order chi connectivity index (χ1) is 24.1. The van der Waals surface area contributed by atoms with Crippen LogP contribution in [0.1, 0.15) is 42.9 Å². The highest BCUT2D eigenvalue weighted by molar-refractivity contribution is 6.02. The predicted octanol–water partition coefficient (Wildman–Crippen LogP) is 4.36. The van der Waals surface area contributed by atoms with Gasteiger partial charge in [-0.2, -0.15) is 23.4 Å². The Balaban J connectivity index is 0.884. The molecule has 3 saturated heterocycles. The summed E-state index contributed by atoms with van der Waals surface area (Å²) in [6.07, 6.45) is 1.69. The van der Waals surface area contributed by atoms with Crippen molar-refractivity contribution >= 4 is 34.0 Å². The summed E-state index contributed by atoms with van der Waals surface area (Å²) in [4.78, 5) is 37.5. The van der Waals surface area contributed by atoms with E-state index in [1.807, 2.05) is 42.3 Å². The number of piperidine rings is 1. The Morgan fingerprint density at radius 1 is 1.04 bits per heavy atom. The molecule has 4 aliphatic rings. The first kappa shape index (κ1) is 32.6. The Morgan fingerprint density at radius 3 is 2.58 bits per heavy atom. The minimum absolute atomic E-state index is 0.00756. The van der Waals surface area contributed by atoms with Crippen LogP contribution in [0.25, 0.3) is 27.9 Å². The number of carbonyl (C=O) groups excluding carboxylic acids is 2. The zero-order valence-corrected chi connectivity index (χ0v) is 27.9. The molecule has 2 amide bonds. The zero-order valence-electron chi connectivity index (χ0n) is 27.9. The van der Waals surface area contributed by atoms with E-state index in [4.69, 9.17) is 0 Å². The maximum atomic E-state index is 14.0. The van der Waals surface area contributed by atoms with E-state index >= 15 is 0 Å². The van der Waals surface area contributed by atoms with E-state index in [1.54, 1.807) is 15.9 Å². The molecule has 2 N–H and O–H groups in total. The first-order valence-corrected chi connectivity index (χ1v) is 17.3. The van der Waals surface area contributed by atoms with Crippen molar-refractivity contribution in [3.8, 4) is 11.4 Å². The van der Waals surface area contributed by atoms with Gasteiger partial charge in [0.2, 0.25) is 11.8 Å². The first-order valence-electron chi connectivity index (χ1n) is 17.3. The lowest BCUT2D eigenvalue weighted by Gasteiger charge is -2.31. The SMILES string of the molecule is Cn1cnc(-c2ccc(C3=CCN(C(=O)CN4CC[C@]5(CCN(c6ccc7n[nH]c(C8CNCC(C(F)(F)F)C8)c7c6)C5=O)C4)CC3)cc2)n1. The van der Waals surface area contributed by atoms with Crippen LogP contribution in [0.5, 0.6) is 0 Å². The Kier molecular flexibility index (Phi) is 8.25. The van der Waals surface area contributed by atoms with Gasteiger partial charge in [-0.25, -0.2) is 4.98 Å². The van der Waals surface area contributed by atoms with Crippen LogP contribution in [0.15, 0.2) is 54.9 Å². The number of aromatic nitrogens is 5. The van der Waals surface area contributed by atoms with Crippen LogP contribution in [0.2, 0.25) is 0 Å². The predicted molar refractivity (Wildman–Crippen MR) is 182 cm³/mol. The maximum Gasteiger partial charge on any atom is 0.393 e. The van der Waals surface area contributed by atoms with E-state index in [1.165, 1.54) is 5.57 Å². The van der Waals surface area contributed by atoms with E-state index in [0.29, 0.717) is 69.1 Å². The summed E-state index contributed by atoms with van der Waals surface area (Å²) in [5.74, 6) is -0.970. The molecule has 4 aromatic rings. The molecule has 6 heterocycles. The third-order valence-corrected chi connectivity index (χ3v) is 11.1. The van der Waals surface area contributed by atoms with Crippen LogP contribution in [-0.4, -0.2) is 105 Å². The standard InChI is InChI=1S/C36H40F3N9O2/c1-45-22-41-33(44-45)25-4-2-23(3-5-25)24-8-12-47(13-9-24)31(49)20-46-14-10-35(21-46)11-15-48(34(35)50)28-6-7-30-29(17-28)32(43-42-30)26-16-27(19-40-18-26)36(37,38)39/h2-8,17,22,26-27,40H,9-16,18-21H2,1H3,(H,42,43)/t26?,27?,35-/m0/s1. The van der Waals surface area contributed by atoms with Crippen LogP contribution in [0.4, 0.5) is 18.9 Å². The summed E-state index contributed by atoms with van der Waals surface area (Å²) in [6.45, 7) is 3.60. The number of rotatable bonds is 6. The normalized spacial score (nSPS) is 24.9. The lowest BCUT2D eigenvalue weighted by molar-refractivity contribution is -0.179. The molecule has 14 heteroatoms. The second kappa shape index (κ2) is 12.6. The van der Waals surface area contributed by atoms with Crippen LogP contribution < -0.4 is 10.2 Å². The fourth-order valence-corrected chi connectivity index (χ4v) is 8.20. The second-order valence-electron chi connectivity index (χ2n) is 14.3. The Morgan fingerprint density at radius 2 is 1.84 bits per heavy atom. The van der Waals surface area contributed by atoms with Gasteiger partial charge >= 0.3 is 6.18 Å². The van der Waals surface area contributed by atoms with Crippen molar-refractivity contribution in [2.45, 2.75) is 37.8 Å². The Bertz CT molecular complexity index is 1950. The molecule has 0 aliphatic carbocycles. The van der Waals surface area contributed by atoms with Crippen LogP contribution in [0.3, 0.4) is 0 Å². The summed E-state index contributed by atoms with van der Waals surface area (Å²) in [5.41, 5.74) is 4.83. The number of carbonyl (C=O) groups is 2. The molecular weight excluding hydrogens is 647 g/mol. The second-order valence-corrected chi connectivity index (χ2v) is 14.3. The quantitative estimate of drug-likeness (QED) is 0.310. The number of nitrogens with zero attached hydrogens (tertiary/aromatic N) is 7. The largest absolute Gasteiger partial charge is 0.393 e. The van der Waals surface area contributed by atoms with Crippen molar-refractivity contribution in [1.29, 1.82) is 0 Å². The molecule has 1 spiro atoms. The van der Waals surface area contributed by atoms with Crippen LogP contribution >= 0.6 is 0 Å². The molecule has 0 saturated carbocycles. The number of H-pyrrole nitrogens is 1. The number of benzene rings is 2. The van der Waals surface area contributed by atoms with Gasteiger partial charge in [0.05, 0.1) is 23.4 Å². The highest BCUT2D eigenvalue weighted by Gasteiger charge is 2.51. The number of anilines is 1. The van der Waals surface area contributed by atoms with Crippen molar-refractivity contribution in [2.75, 3.05) is 57.3 Å².